The predicted octanol–water partition coefficient (Wildman–Crippen LogP) is 4.39. The molecule has 2 aromatic heterocycles. The Morgan fingerprint density at radius 1 is 1.21 bits per heavy atom. The first-order valence-electron chi connectivity index (χ1n) is 9.06. The van der Waals surface area contributed by atoms with Crippen LogP contribution in [0.25, 0.3) is 11.0 Å². The number of nitrogens with one attached hydrogen (secondary N) is 1. The van der Waals surface area contributed by atoms with Gasteiger partial charge in [0.25, 0.3) is 5.91 Å². The van der Waals surface area contributed by atoms with Crippen molar-refractivity contribution in [3.05, 3.63) is 89.2 Å². The second-order valence-corrected chi connectivity index (χ2v) is 6.79. The van der Waals surface area contributed by atoms with Gasteiger partial charge in [-0.2, -0.15) is 5.10 Å². The topological polar surface area (TPSA) is 60.1 Å². The van der Waals surface area contributed by atoms with E-state index in [1.54, 1.807) is 36.0 Å². The number of hydrogen-bond donors (Lipinski definition) is 1. The molecule has 6 heteroatoms. The van der Waals surface area contributed by atoms with E-state index in [0.717, 1.165) is 11.3 Å². The third kappa shape index (κ3) is 3.41. The van der Waals surface area contributed by atoms with Crippen molar-refractivity contribution in [3.8, 4) is 0 Å². The third-order valence-corrected chi connectivity index (χ3v) is 4.81. The van der Waals surface area contributed by atoms with Crippen LogP contribution in [0.1, 0.15) is 40.3 Å². The van der Waals surface area contributed by atoms with E-state index in [9.17, 15) is 9.18 Å². The Morgan fingerprint density at radius 2 is 2.00 bits per heavy atom. The molecule has 2 aromatic carbocycles. The highest BCUT2D eigenvalue weighted by Crippen LogP contribution is 2.26. The third-order valence-electron chi connectivity index (χ3n) is 4.81. The number of benzene rings is 2. The molecule has 28 heavy (non-hydrogen) atoms. The Balaban J connectivity index is 1.55. The van der Waals surface area contributed by atoms with Gasteiger partial charge in [0, 0.05) is 18.9 Å². The number of rotatable bonds is 5. The van der Waals surface area contributed by atoms with E-state index < -0.39 is 11.9 Å². The van der Waals surface area contributed by atoms with Crippen LogP contribution in [0.15, 0.2) is 65.2 Å². The summed E-state index contributed by atoms with van der Waals surface area (Å²) in [6.07, 6.45) is 2.17. The number of hydrogen-bond acceptors (Lipinski definition) is 3. The molecule has 0 aliphatic carbocycles. The molecule has 1 atom stereocenters. The lowest BCUT2D eigenvalue weighted by molar-refractivity contribution is 0.0934. The summed E-state index contributed by atoms with van der Waals surface area (Å²) in [4.78, 5) is 12.9. The Morgan fingerprint density at radius 3 is 2.75 bits per heavy atom. The van der Waals surface area contributed by atoms with Gasteiger partial charge in [0.05, 0.1) is 23.5 Å². The lowest BCUT2D eigenvalue weighted by Gasteiger charge is -2.12. The average Bonchev–Trinajstić information content (AvgIpc) is 3.28. The monoisotopic (exact) mass is 377 g/mol. The van der Waals surface area contributed by atoms with Gasteiger partial charge in [0.1, 0.15) is 5.76 Å². The van der Waals surface area contributed by atoms with E-state index in [2.05, 4.69) is 10.4 Å². The predicted molar refractivity (Wildman–Crippen MR) is 105 cm³/mol. The lowest BCUT2D eigenvalue weighted by atomic mass is 10.1. The van der Waals surface area contributed by atoms with Gasteiger partial charge in [-0.25, -0.2) is 4.39 Å². The van der Waals surface area contributed by atoms with Gasteiger partial charge in [-0.1, -0.05) is 42.5 Å². The number of amides is 1. The summed E-state index contributed by atoms with van der Waals surface area (Å²) in [5.41, 5.74) is 2.64. The molecule has 4 aromatic rings. The standard InChI is InChI=1S/C22H20FN3O2/c1-14(20-12-16-9-6-10-18(23)21(16)28-20)25-22(27)17-13-24-26(2)19(17)11-15-7-4-3-5-8-15/h3-10,12-14H,11H2,1-2H3,(H,25,27). The fourth-order valence-electron chi connectivity index (χ4n) is 3.26. The fourth-order valence-corrected chi connectivity index (χ4v) is 3.26. The quantitative estimate of drug-likeness (QED) is 0.561. The summed E-state index contributed by atoms with van der Waals surface area (Å²) in [6, 6.07) is 16.0. The zero-order chi connectivity index (χ0) is 19.7. The minimum atomic E-state index is -0.417. The number of nitrogens with zero attached hydrogens (tertiary/aromatic N) is 2. The van der Waals surface area contributed by atoms with E-state index in [1.165, 1.54) is 6.07 Å². The first kappa shape index (κ1) is 18.0. The number of carbonyl (C=O) groups excluding carboxylic acids is 1. The molecule has 0 fully saturated rings. The van der Waals surface area contributed by atoms with Crippen LogP contribution in [0, 0.1) is 5.82 Å². The number of para-hydroxylation sites is 1. The number of halogens is 1. The first-order valence-corrected chi connectivity index (χ1v) is 9.06. The molecule has 1 amide bonds. The molecular weight excluding hydrogens is 357 g/mol. The van der Waals surface area contributed by atoms with Crippen molar-refractivity contribution in [1.82, 2.24) is 15.1 Å². The molecule has 5 nitrogen and oxygen atoms in total. The van der Waals surface area contributed by atoms with E-state index >= 15 is 0 Å². The Hall–Kier alpha value is -3.41. The summed E-state index contributed by atoms with van der Waals surface area (Å²) >= 11 is 0. The molecule has 0 bridgehead atoms. The SMILES string of the molecule is CC(NC(=O)c1cnn(C)c1Cc1ccccc1)c1cc2cccc(F)c2o1. The van der Waals surface area contributed by atoms with Gasteiger partial charge >= 0.3 is 0 Å². The summed E-state index contributed by atoms with van der Waals surface area (Å²) in [5, 5.41) is 7.84. The second kappa shape index (κ2) is 7.31. The van der Waals surface area contributed by atoms with Crippen molar-refractivity contribution in [1.29, 1.82) is 0 Å². The van der Waals surface area contributed by atoms with Crippen molar-refractivity contribution in [3.63, 3.8) is 0 Å². The molecule has 0 aliphatic rings. The zero-order valence-electron chi connectivity index (χ0n) is 15.6. The highest BCUT2D eigenvalue weighted by molar-refractivity contribution is 5.95. The molecule has 0 saturated carbocycles. The van der Waals surface area contributed by atoms with Crippen LogP contribution in [0.4, 0.5) is 4.39 Å². The van der Waals surface area contributed by atoms with Crippen molar-refractivity contribution >= 4 is 16.9 Å². The van der Waals surface area contributed by atoms with E-state index in [0.29, 0.717) is 23.1 Å². The van der Waals surface area contributed by atoms with Crippen LogP contribution in [0.3, 0.4) is 0 Å². The second-order valence-electron chi connectivity index (χ2n) is 6.79. The highest BCUT2D eigenvalue weighted by Gasteiger charge is 2.21. The molecule has 0 saturated heterocycles. The molecule has 0 spiro atoms. The number of aromatic nitrogens is 2. The summed E-state index contributed by atoms with van der Waals surface area (Å²) in [7, 11) is 1.82. The largest absolute Gasteiger partial charge is 0.456 e. The van der Waals surface area contributed by atoms with Crippen LogP contribution >= 0.6 is 0 Å². The van der Waals surface area contributed by atoms with Gasteiger partial charge in [-0.15, -0.1) is 0 Å². The smallest absolute Gasteiger partial charge is 0.255 e. The minimum absolute atomic E-state index is 0.199. The van der Waals surface area contributed by atoms with Crippen molar-refractivity contribution in [2.75, 3.05) is 0 Å². The van der Waals surface area contributed by atoms with Crippen molar-refractivity contribution in [2.45, 2.75) is 19.4 Å². The molecule has 4 rings (SSSR count). The number of fused-ring (bicyclic) bond motifs is 1. The van der Waals surface area contributed by atoms with Crippen LogP contribution in [-0.2, 0) is 13.5 Å². The summed E-state index contributed by atoms with van der Waals surface area (Å²) in [6.45, 7) is 1.81. The Kier molecular flexibility index (Phi) is 4.69. The minimum Gasteiger partial charge on any atom is -0.456 e. The lowest BCUT2D eigenvalue weighted by Crippen LogP contribution is -2.27. The number of furan rings is 1. The molecule has 142 valence electrons. The fraction of sp³-hybridized carbons (Fsp3) is 0.182. The van der Waals surface area contributed by atoms with Gasteiger partial charge in [-0.05, 0) is 24.6 Å². The number of aryl methyl sites for hydroxylation is 1. The average molecular weight is 377 g/mol. The zero-order valence-corrected chi connectivity index (χ0v) is 15.6. The van der Waals surface area contributed by atoms with Crippen molar-refractivity contribution in [2.24, 2.45) is 7.05 Å². The van der Waals surface area contributed by atoms with Gasteiger partial charge < -0.3 is 9.73 Å². The van der Waals surface area contributed by atoms with E-state index in [4.69, 9.17) is 4.42 Å². The van der Waals surface area contributed by atoms with Crippen molar-refractivity contribution < 1.29 is 13.6 Å². The molecule has 1 unspecified atom stereocenters. The molecule has 2 heterocycles. The Labute approximate surface area is 161 Å². The Bertz CT molecular complexity index is 1130. The molecular formula is C22H20FN3O2. The van der Waals surface area contributed by atoms with Crippen LogP contribution < -0.4 is 5.32 Å². The molecule has 0 radical (unpaired) electrons. The molecule has 1 N–H and O–H groups in total. The van der Waals surface area contributed by atoms with E-state index in [1.807, 2.05) is 37.4 Å². The summed E-state index contributed by atoms with van der Waals surface area (Å²) in [5.74, 6) is -0.158. The van der Waals surface area contributed by atoms with Gasteiger partial charge in [0.2, 0.25) is 0 Å². The van der Waals surface area contributed by atoms with Crippen LogP contribution in [0.5, 0.6) is 0 Å². The molecule has 0 aliphatic heterocycles. The van der Waals surface area contributed by atoms with E-state index in [-0.39, 0.29) is 11.5 Å². The normalized spacial score (nSPS) is 12.2. The highest BCUT2D eigenvalue weighted by atomic mass is 19.1. The maximum absolute atomic E-state index is 13.9. The van der Waals surface area contributed by atoms with Gasteiger partial charge in [-0.3, -0.25) is 9.48 Å². The summed E-state index contributed by atoms with van der Waals surface area (Å²) < 4.78 is 21.2. The maximum atomic E-state index is 13.9. The van der Waals surface area contributed by atoms with Gasteiger partial charge in [0.15, 0.2) is 11.4 Å². The first-order chi connectivity index (χ1) is 13.5. The van der Waals surface area contributed by atoms with Crippen LogP contribution in [0.2, 0.25) is 0 Å². The van der Waals surface area contributed by atoms with Crippen LogP contribution in [-0.4, -0.2) is 15.7 Å². The number of carbonyl (C=O) groups is 1. The maximum Gasteiger partial charge on any atom is 0.255 e.